The molecule has 0 unspecified atom stereocenters. The second kappa shape index (κ2) is 57.1. The second-order valence-corrected chi connectivity index (χ2v) is 41.6. The van der Waals surface area contributed by atoms with Crippen molar-refractivity contribution in [1.82, 2.24) is 25.3 Å². The molecular weight excluding hydrogens is 2110 g/mol. The number of nitrogens with zero attached hydrogens (tertiary/aromatic N) is 12. The summed E-state index contributed by atoms with van der Waals surface area (Å²) < 4.78 is 11.8. The van der Waals surface area contributed by atoms with Crippen LogP contribution in [0.3, 0.4) is 0 Å². The van der Waals surface area contributed by atoms with Crippen LogP contribution in [0.4, 0.5) is 57.3 Å². The van der Waals surface area contributed by atoms with Crippen molar-refractivity contribution < 1.29 is 79.1 Å². The number of Topliss-reactive ketones (excluding diaryl/α,β-unsaturated/α-hetero) is 1. The van der Waals surface area contributed by atoms with Crippen LogP contribution in [0.25, 0.3) is 0 Å². The Morgan fingerprint density at radius 2 is 0.899 bits per heavy atom. The molecule has 4 aromatic heterocycles. The average molecular weight is 2230 g/mol. The Kier molecular flexibility index (Phi) is 46.5. The minimum Gasteiger partial charge on any atom is -1.00 e. The van der Waals surface area contributed by atoms with Crippen LogP contribution in [-0.4, -0.2) is 169 Å². The summed E-state index contributed by atoms with van der Waals surface area (Å²) in [4.78, 5) is 108. The van der Waals surface area contributed by atoms with Crippen molar-refractivity contribution in [2.24, 2.45) is 5.92 Å². The number of rotatable bonds is 16. The van der Waals surface area contributed by atoms with E-state index >= 15 is 0 Å². The zero-order chi connectivity index (χ0) is 97.2. The molecule has 0 spiro atoms. The molecule has 3 N–H and O–H groups in total. The largest absolute Gasteiger partial charge is 1.00 e. The zero-order valence-corrected chi connectivity index (χ0v) is 88.6. The van der Waals surface area contributed by atoms with Gasteiger partial charge in [0.25, 0.3) is 0 Å². The number of aromatic nitrogens is 4. The van der Waals surface area contributed by atoms with Crippen molar-refractivity contribution in [3.05, 3.63) is 291 Å². The quantitative estimate of drug-likeness (QED) is 0.0118. The molecule has 728 valence electrons. The number of amides is 2. The molecule has 4 atom stereocenters. The predicted molar refractivity (Wildman–Crippen MR) is 562 cm³/mol. The first-order chi connectivity index (χ1) is 65.7. The number of benzene rings is 6. The van der Waals surface area contributed by atoms with Crippen molar-refractivity contribution in [2.75, 3.05) is 125 Å². The Bertz CT molecular complexity index is 5440. The molecule has 36 heteroatoms. The number of nitro groups is 2. The van der Waals surface area contributed by atoms with Gasteiger partial charge in [0.2, 0.25) is 22.8 Å². The van der Waals surface area contributed by atoms with Gasteiger partial charge in [-0.25, -0.2) is 24.7 Å². The van der Waals surface area contributed by atoms with Crippen LogP contribution in [0, 0.1) is 33.1 Å². The normalized spacial score (nSPS) is 17.5. The Balaban J connectivity index is 0.000000178. The van der Waals surface area contributed by atoms with Crippen molar-refractivity contribution >= 4 is 204 Å². The maximum absolute atomic E-state index is 12.3. The van der Waals surface area contributed by atoms with Gasteiger partial charge in [0, 0.05) is 154 Å². The minimum absolute atomic E-state index is 0. The third-order valence-corrected chi connectivity index (χ3v) is 30.7. The number of ether oxygens (including phenoxy) is 2. The number of ketones is 1. The molecule has 7 saturated heterocycles. The molecule has 13 heterocycles. The van der Waals surface area contributed by atoms with Crippen molar-refractivity contribution in [2.45, 2.75) is 154 Å². The fourth-order valence-electron chi connectivity index (χ4n) is 17.1. The first kappa shape index (κ1) is 112. The molecule has 2 amide bonds. The molecule has 26 nitrogen and oxygen atoms in total. The van der Waals surface area contributed by atoms with E-state index in [0.29, 0.717) is 59.7 Å². The number of carbonyl (C=O) groups is 5. The van der Waals surface area contributed by atoms with Gasteiger partial charge in [-0.05, 0) is 284 Å². The Morgan fingerprint density at radius 3 is 1.33 bits per heavy atom. The van der Waals surface area contributed by atoms with E-state index in [1.54, 1.807) is 18.0 Å². The monoisotopic (exact) mass is 2220 g/mol. The maximum Gasteiger partial charge on any atom is 1.00 e. The molecule has 6 aromatic carbocycles. The van der Waals surface area contributed by atoms with Crippen LogP contribution in [-0.2, 0) is 39.9 Å². The van der Waals surface area contributed by atoms with Gasteiger partial charge in [-0.15, -0.1) is 0 Å². The van der Waals surface area contributed by atoms with Crippen LogP contribution in [0.15, 0.2) is 238 Å². The number of fused-ring (bicyclic) bond motifs is 6. The van der Waals surface area contributed by atoms with E-state index in [0.717, 1.165) is 178 Å². The standard InChI is InChI=1S/C22H25ClN4O.C19H18P.C12H14BrN3O4.C12H14ClN.C11H12ClNO.C10H10BrN3O.C7H13NO2.C5H2BrClN2O2.C4H9.BrH.Li/c23-17-3-5-18(6-4-17)26-10-7-15(8-11-26)12-16-13-19-21(24-14-16)27-9-1-2-20(27)22(28)25-19;1-20(17-11-5-2-6-12-17,18-13-7-3-8-14-18)19-15-9-4-10-16-19;1-2-20-12(17)9-4-3-5-15(9)11-10(16(18)19)6-8(13)7-14-11;1-10-6-8-14(9-7-10)12-4-2-11(13)3-5-12;12-9-1-3-10(4-2-9)13-7-5-11(14)6-8-13;11-6-4-7-9(12-5-6)14-3-1-2-8(14)10(15)13-7;1-2-10-7(9)6-4-3-5-8-6;6-3-1-4(9(10)11)5(7)8-2-3;1-3-4-2;;/h3-6,13-15,20H,1-2,7-12H2,(H,25,28);2-16H,1H3;6-7,9H,2-5H2,1H3;2-5H,1,6-9H2;1-4H,5-8H2;4-5,8H,1-3H2,(H,13,15);6,8H,2-5H2,1H3;1-2H;1,3-4H2,2H3;1H;/q;+1;;;;;;;-1;;+1/p-1/t20-;;9-;;;8-;6-;;;;/m0.0..00..../s1. The number of unbranched alkanes of at least 4 members (excludes halogenated alkanes) is 1. The van der Waals surface area contributed by atoms with E-state index in [1.807, 2.05) is 67.7 Å². The predicted octanol–water partition coefficient (Wildman–Crippen LogP) is 16.1. The summed E-state index contributed by atoms with van der Waals surface area (Å²) in [7, 11) is -1.53. The van der Waals surface area contributed by atoms with Gasteiger partial charge in [-0.2, -0.15) is 6.42 Å². The maximum atomic E-state index is 12.3. The first-order valence-corrected chi connectivity index (χ1v) is 52.2. The second-order valence-electron chi connectivity index (χ2n) is 33.6. The number of esters is 2. The number of piperidine rings is 3. The summed E-state index contributed by atoms with van der Waals surface area (Å²) in [6.45, 7) is 25.8. The molecule has 0 saturated carbocycles. The van der Waals surface area contributed by atoms with E-state index in [2.05, 4.69) is 252 Å². The van der Waals surface area contributed by atoms with Crippen molar-refractivity contribution in [3.8, 4) is 0 Å². The number of halogens is 8. The van der Waals surface area contributed by atoms with Gasteiger partial charge in [0.05, 0.1) is 41.1 Å². The SMILES string of the molecule is C=C1CCN(c2ccc(Cl)cc2)CC1.CCOC(=O)[C@@H]1CCCN1.CCOC(=O)[C@@H]1CCCN1c1ncc(Br)cc1[N+](=O)[O-].C[P+](c1ccccc1)(c1ccccc1)c1ccccc1.O=C1CCN(c2ccc(Cl)cc2)CC1.O=C1Nc2cc(Br)cnc2N2CCC[C@@H]12.O=C1Nc2cc(CC3CCN(c4ccc(Cl)cc4)CC3)cnc2N2CCC[C@@H]12.O=[N+]([O-])c1cc(Br)cnc1Cl.[Br-].[CH2-]CCC.[Li+]. The van der Waals surface area contributed by atoms with Crippen LogP contribution < -0.4 is 97.1 Å². The smallest absolute Gasteiger partial charge is 1.00 e. The zero-order valence-electron chi connectivity index (χ0n) is 78.3. The van der Waals surface area contributed by atoms with Crippen molar-refractivity contribution in [3.63, 3.8) is 0 Å². The summed E-state index contributed by atoms with van der Waals surface area (Å²) in [5, 5.41) is 36.9. The molecule has 0 bridgehead atoms. The van der Waals surface area contributed by atoms with Gasteiger partial charge in [0.15, 0.2) is 11.6 Å². The van der Waals surface area contributed by atoms with E-state index in [4.69, 9.17) is 60.9 Å². The van der Waals surface area contributed by atoms with Gasteiger partial charge >= 0.3 is 42.2 Å². The van der Waals surface area contributed by atoms with Gasteiger partial charge < -0.3 is 78.7 Å². The number of anilines is 8. The molecule has 7 fully saturated rings. The molecule has 0 radical (unpaired) electrons. The fraction of sp³-hybridized carbons (Fsp3) is 0.373. The summed E-state index contributed by atoms with van der Waals surface area (Å²) in [5.74, 6) is 2.86. The number of hydrogen-bond acceptors (Lipinski definition) is 22. The molecule has 9 aliphatic rings. The first-order valence-electron chi connectivity index (χ1n) is 46.1. The number of carbonyl (C=O) groups excluding carboxylic acids is 5. The van der Waals surface area contributed by atoms with E-state index in [1.165, 1.54) is 82.2 Å². The average Bonchev–Trinajstić information content (AvgIpc) is 1.75. The topological polar surface area (TPSA) is 297 Å². The third-order valence-electron chi connectivity index (χ3n) is 24.3. The van der Waals surface area contributed by atoms with Gasteiger partial charge in [0.1, 0.15) is 53.1 Å². The number of nitrogens with one attached hydrogen (secondary N) is 3. The van der Waals surface area contributed by atoms with Crippen LogP contribution in [0.2, 0.25) is 20.2 Å². The molecule has 9 aliphatic heterocycles. The fourth-order valence-corrected chi connectivity index (χ4v) is 21.8. The molecule has 138 heavy (non-hydrogen) atoms. The Morgan fingerprint density at radius 1 is 0.500 bits per heavy atom. The van der Waals surface area contributed by atoms with Crippen LogP contribution >= 0.6 is 101 Å². The molecular formula is C102H117Br4Cl4LiN15O11P. The summed E-state index contributed by atoms with van der Waals surface area (Å²) in [5.41, 5.74) is 7.66. The van der Waals surface area contributed by atoms with Gasteiger partial charge in [-0.3, -0.25) is 39.4 Å². The molecule has 0 aliphatic carbocycles. The molecule has 19 rings (SSSR count). The number of hydrogen-bond donors (Lipinski definition) is 3. The Hall–Kier alpha value is -9.12. The van der Waals surface area contributed by atoms with Gasteiger partial charge in [-0.1, -0.05) is 126 Å². The van der Waals surface area contributed by atoms with Crippen molar-refractivity contribution in [1.29, 1.82) is 0 Å². The van der Waals surface area contributed by atoms with E-state index in [-0.39, 0.29) is 100 Å². The summed E-state index contributed by atoms with van der Waals surface area (Å²) >= 11 is 32.6. The van der Waals surface area contributed by atoms with E-state index < -0.39 is 23.2 Å². The number of pyridine rings is 4. The van der Waals surface area contributed by atoms with E-state index in [9.17, 15) is 44.2 Å². The van der Waals surface area contributed by atoms with Crippen LogP contribution in [0.5, 0.6) is 0 Å². The molecule has 10 aromatic rings. The summed E-state index contributed by atoms with van der Waals surface area (Å²) in [6.07, 6.45) is 23.3. The third kappa shape index (κ3) is 32.5. The Labute approximate surface area is 877 Å². The van der Waals surface area contributed by atoms with Crippen LogP contribution in [0.1, 0.15) is 129 Å². The minimum atomic E-state index is -1.53. The summed E-state index contributed by atoms with van der Waals surface area (Å²) in [6, 6.07) is 62.7.